The molecule has 1 aromatic carbocycles. The van der Waals surface area contributed by atoms with Gasteiger partial charge in [0, 0.05) is 29.8 Å². The van der Waals surface area contributed by atoms with Crippen LogP contribution in [-0.2, 0) is 6.18 Å². The number of nitrogens with zero attached hydrogens (tertiary/aromatic N) is 5. The Bertz CT molecular complexity index is 1380. The van der Waals surface area contributed by atoms with Gasteiger partial charge >= 0.3 is 6.18 Å². The predicted molar refractivity (Wildman–Crippen MR) is 123 cm³/mol. The highest BCUT2D eigenvalue weighted by Crippen LogP contribution is 2.32. The van der Waals surface area contributed by atoms with Crippen LogP contribution < -0.4 is 16.4 Å². The summed E-state index contributed by atoms with van der Waals surface area (Å²) in [4.78, 5) is 25.3. The summed E-state index contributed by atoms with van der Waals surface area (Å²) in [6, 6.07) is 8.15. The van der Waals surface area contributed by atoms with Crippen molar-refractivity contribution in [1.82, 2.24) is 29.9 Å². The van der Waals surface area contributed by atoms with Gasteiger partial charge in [-0.25, -0.2) is 19.5 Å². The summed E-state index contributed by atoms with van der Waals surface area (Å²) in [6.45, 7) is 1.74. The van der Waals surface area contributed by atoms with E-state index < -0.39 is 17.6 Å². The number of anilines is 2. The molecule has 0 radical (unpaired) electrons. The van der Waals surface area contributed by atoms with Crippen molar-refractivity contribution in [3.8, 4) is 11.3 Å². The Labute approximate surface area is 197 Å². The van der Waals surface area contributed by atoms with Crippen molar-refractivity contribution in [2.45, 2.75) is 24.9 Å². The monoisotopic (exact) mass is 482 g/mol. The number of imidazole rings is 1. The Morgan fingerprint density at radius 2 is 1.97 bits per heavy atom. The predicted octanol–water partition coefficient (Wildman–Crippen LogP) is 3.51. The minimum atomic E-state index is -4.53. The molecule has 0 aliphatic carbocycles. The first-order chi connectivity index (χ1) is 16.8. The van der Waals surface area contributed by atoms with Crippen molar-refractivity contribution in [3.05, 3.63) is 65.9 Å². The number of aromatic nitrogens is 5. The zero-order chi connectivity index (χ0) is 24.6. The van der Waals surface area contributed by atoms with Gasteiger partial charge in [0.05, 0.1) is 5.56 Å². The number of fused-ring (bicyclic) bond motifs is 1. The lowest BCUT2D eigenvalue weighted by atomic mass is 9.99. The summed E-state index contributed by atoms with van der Waals surface area (Å²) >= 11 is 0. The summed E-state index contributed by atoms with van der Waals surface area (Å²) < 4.78 is 40.5. The standard InChI is InChI=1S/C23H21F3N8O/c24-23(25,26)16-7-9-29-17(10-16)32-22(35)14-5-3-13(4-6-14)18-19-20(27)30-12-31-34(19)21(33-18)15-2-1-8-28-11-15/h3-7,9-10,12,15,28H,1-2,8,11H2,(H2,27,30,31)(H,29,32,35). The lowest BCUT2D eigenvalue weighted by Crippen LogP contribution is -2.29. The topological polar surface area (TPSA) is 123 Å². The number of hydrogen-bond acceptors (Lipinski definition) is 7. The van der Waals surface area contributed by atoms with E-state index in [4.69, 9.17) is 10.7 Å². The molecule has 4 N–H and O–H groups in total. The molecule has 0 spiro atoms. The molecule has 12 heteroatoms. The second kappa shape index (κ2) is 8.95. The molecule has 5 rings (SSSR count). The lowest BCUT2D eigenvalue weighted by molar-refractivity contribution is -0.137. The molecule has 1 aliphatic rings. The first-order valence-corrected chi connectivity index (χ1v) is 11.0. The largest absolute Gasteiger partial charge is 0.416 e. The van der Waals surface area contributed by atoms with E-state index in [0.717, 1.165) is 50.1 Å². The summed E-state index contributed by atoms with van der Waals surface area (Å²) in [5.74, 6) is 0.465. The van der Waals surface area contributed by atoms with E-state index in [1.807, 2.05) is 0 Å². The first kappa shape index (κ1) is 22.7. The van der Waals surface area contributed by atoms with E-state index in [-0.39, 0.29) is 23.1 Å². The van der Waals surface area contributed by atoms with E-state index in [0.29, 0.717) is 16.8 Å². The third-order valence-corrected chi connectivity index (χ3v) is 5.90. The van der Waals surface area contributed by atoms with E-state index in [1.54, 1.807) is 28.8 Å². The SMILES string of the molecule is Nc1ncnn2c(C3CCCNC3)nc(-c3ccc(C(=O)Nc4cc(C(F)(F)F)ccn4)cc3)c12. The van der Waals surface area contributed by atoms with Crippen molar-refractivity contribution in [1.29, 1.82) is 0 Å². The normalized spacial score (nSPS) is 16.4. The zero-order valence-electron chi connectivity index (χ0n) is 18.4. The second-order valence-electron chi connectivity index (χ2n) is 8.23. The fraction of sp³-hybridized carbons (Fsp3) is 0.261. The van der Waals surface area contributed by atoms with Gasteiger partial charge in [-0.3, -0.25) is 4.79 Å². The number of carbonyl (C=O) groups is 1. The van der Waals surface area contributed by atoms with E-state index in [1.165, 1.54) is 6.33 Å². The number of amides is 1. The highest BCUT2D eigenvalue weighted by atomic mass is 19.4. The number of carbonyl (C=O) groups excluding carboxylic acids is 1. The maximum absolute atomic E-state index is 12.9. The van der Waals surface area contributed by atoms with Crippen molar-refractivity contribution in [2.75, 3.05) is 24.1 Å². The number of hydrogen-bond donors (Lipinski definition) is 3. The van der Waals surface area contributed by atoms with Crippen LogP contribution in [0.4, 0.5) is 24.8 Å². The van der Waals surface area contributed by atoms with Crippen LogP contribution in [0.15, 0.2) is 48.9 Å². The van der Waals surface area contributed by atoms with Gasteiger partial charge in [0.15, 0.2) is 5.82 Å². The number of nitrogens with one attached hydrogen (secondary N) is 2. The summed E-state index contributed by atoms with van der Waals surface area (Å²) in [5.41, 5.74) is 7.39. The van der Waals surface area contributed by atoms with Gasteiger partial charge in [0.1, 0.15) is 29.2 Å². The molecule has 1 unspecified atom stereocenters. The molecule has 35 heavy (non-hydrogen) atoms. The molecule has 1 amide bonds. The zero-order valence-corrected chi connectivity index (χ0v) is 18.4. The molecule has 3 aromatic heterocycles. The van der Waals surface area contributed by atoms with Gasteiger partial charge in [-0.05, 0) is 43.7 Å². The van der Waals surface area contributed by atoms with Crippen LogP contribution in [0.25, 0.3) is 16.8 Å². The van der Waals surface area contributed by atoms with Gasteiger partial charge in [0.2, 0.25) is 0 Å². The Morgan fingerprint density at radius 1 is 1.17 bits per heavy atom. The van der Waals surface area contributed by atoms with Crippen LogP contribution in [-0.4, -0.2) is 43.6 Å². The van der Waals surface area contributed by atoms with Gasteiger partial charge in [-0.1, -0.05) is 12.1 Å². The third-order valence-electron chi connectivity index (χ3n) is 5.90. The quantitative estimate of drug-likeness (QED) is 0.407. The van der Waals surface area contributed by atoms with Crippen LogP contribution >= 0.6 is 0 Å². The summed E-state index contributed by atoms with van der Waals surface area (Å²) in [6.07, 6.45) is -0.145. The van der Waals surface area contributed by atoms with E-state index in [9.17, 15) is 18.0 Å². The number of pyridine rings is 1. The van der Waals surface area contributed by atoms with E-state index in [2.05, 4.69) is 25.7 Å². The van der Waals surface area contributed by atoms with Crippen LogP contribution in [0.5, 0.6) is 0 Å². The summed E-state index contributed by atoms with van der Waals surface area (Å²) in [7, 11) is 0. The third kappa shape index (κ3) is 4.52. The number of benzene rings is 1. The van der Waals surface area contributed by atoms with Crippen LogP contribution in [0, 0.1) is 0 Å². The lowest BCUT2D eigenvalue weighted by Gasteiger charge is -2.21. The van der Waals surface area contributed by atoms with Crippen molar-refractivity contribution in [3.63, 3.8) is 0 Å². The van der Waals surface area contributed by atoms with Gasteiger partial charge in [-0.2, -0.15) is 18.3 Å². The molecule has 4 aromatic rings. The van der Waals surface area contributed by atoms with E-state index >= 15 is 0 Å². The molecule has 0 saturated carbocycles. The number of nitrogen functional groups attached to an aromatic ring is 1. The molecule has 9 nitrogen and oxygen atoms in total. The van der Waals surface area contributed by atoms with Crippen LogP contribution in [0.2, 0.25) is 0 Å². The Kier molecular flexibility index (Phi) is 5.81. The van der Waals surface area contributed by atoms with Crippen molar-refractivity contribution >= 4 is 23.1 Å². The smallest absolute Gasteiger partial charge is 0.382 e. The Morgan fingerprint density at radius 3 is 2.69 bits per heavy atom. The molecule has 1 saturated heterocycles. The second-order valence-corrected chi connectivity index (χ2v) is 8.23. The first-order valence-electron chi connectivity index (χ1n) is 11.0. The molecule has 1 fully saturated rings. The molecule has 180 valence electrons. The molecular formula is C23H21F3N8O. The highest BCUT2D eigenvalue weighted by Gasteiger charge is 2.31. The van der Waals surface area contributed by atoms with Gasteiger partial charge in [0.25, 0.3) is 5.91 Å². The maximum Gasteiger partial charge on any atom is 0.416 e. The van der Waals surface area contributed by atoms with Crippen LogP contribution in [0.3, 0.4) is 0 Å². The molecule has 1 atom stereocenters. The minimum Gasteiger partial charge on any atom is -0.382 e. The fourth-order valence-electron chi connectivity index (χ4n) is 4.16. The van der Waals surface area contributed by atoms with Gasteiger partial charge < -0.3 is 16.4 Å². The number of rotatable bonds is 4. The average molecular weight is 482 g/mol. The van der Waals surface area contributed by atoms with Crippen molar-refractivity contribution < 1.29 is 18.0 Å². The highest BCUT2D eigenvalue weighted by molar-refractivity contribution is 6.04. The molecular weight excluding hydrogens is 461 g/mol. The number of piperidine rings is 1. The summed E-state index contributed by atoms with van der Waals surface area (Å²) in [5, 5.41) is 10.1. The average Bonchev–Trinajstić information content (AvgIpc) is 3.25. The Balaban J connectivity index is 1.43. The van der Waals surface area contributed by atoms with Crippen LogP contribution in [0.1, 0.15) is 40.5 Å². The van der Waals surface area contributed by atoms with Crippen molar-refractivity contribution in [2.24, 2.45) is 0 Å². The maximum atomic E-state index is 12.9. The number of nitrogens with two attached hydrogens (primary N) is 1. The minimum absolute atomic E-state index is 0.171. The fourth-order valence-corrected chi connectivity index (χ4v) is 4.16. The number of halogens is 3. The Hall–Kier alpha value is -4.06. The molecule has 0 bridgehead atoms. The molecule has 1 aliphatic heterocycles. The van der Waals surface area contributed by atoms with Gasteiger partial charge in [-0.15, -0.1) is 0 Å². The number of alkyl halides is 3. The molecule has 4 heterocycles.